The van der Waals surface area contributed by atoms with Crippen LogP contribution in [0, 0.1) is 5.41 Å². The van der Waals surface area contributed by atoms with Crippen LogP contribution in [0.3, 0.4) is 0 Å². The summed E-state index contributed by atoms with van der Waals surface area (Å²) in [6, 6.07) is 0. The number of carbonyl (C=O) groups excluding carboxylic acids is 1. The van der Waals surface area contributed by atoms with E-state index in [0.717, 1.165) is 12.8 Å². The Bertz CT molecular complexity index is 171. The first-order valence-corrected chi connectivity index (χ1v) is 3.67. The Hall–Kier alpha value is -1.30. The molecule has 70 valence electrons. The van der Waals surface area contributed by atoms with Crippen LogP contribution in [0.4, 0.5) is 0 Å². The molecule has 0 bridgehead atoms. The predicted molar refractivity (Wildman–Crippen MR) is 43.6 cm³/mol. The van der Waals surface area contributed by atoms with Crippen molar-refractivity contribution < 1.29 is 9.63 Å². The number of hydrogen-bond donors (Lipinski definition) is 3. The summed E-state index contributed by atoms with van der Waals surface area (Å²) in [6.45, 7) is 1.96. The first-order valence-electron chi connectivity index (χ1n) is 3.67. The maximum Gasteiger partial charge on any atom is 0.334 e. The molecule has 0 aromatic heterocycles. The summed E-state index contributed by atoms with van der Waals surface area (Å²) in [5.74, 6) is 4.05. The Morgan fingerprint density at radius 2 is 2.25 bits per heavy atom. The normalized spacial score (nSPS) is 9.17. The van der Waals surface area contributed by atoms with Gasteiger partial charge in [0, 0.05) is 6.42 Å². The number of rotatable bonds is 3. The molecule has 6 nitrogen and oxygen atoms in total. The molecular weight excluding hydrogens is 160 g/mol. The first kappa shape index (κ1) is 10.7. The van der Waals surface area contributed by atoms with Crippen molar-refractivity contribution in [2.24, 2.45) is 11.6 Å². The average molecular weight is 174 g/mol. The van der Waals surface area contributed by atoms with E-state index in [0.29, 0.717) is 5.17 Å². The van der Waals surface area contributed by atoms with Gasteiger partial charge in [0.05, 0.1) is 0 Å². The quantitative estimate of drug-likeness (QED) is 0.236. The molecule has 0 aromatic rings. The maximum atomic E-state index is 10.8. The minimum absolute atomic E-state index is 0.289. The van der Waals surface area contributed by atoms with Gasteiger partial charge in [-0.3, -0.25) is 5.41 Å². The van der Waals surface area contributed by atoms with Gasteiger partial charge in [0.15, 0.2) is 0 Å². The van der Waals surface area contributed by atoms with Crippen LogP contribution in [-0.4, -0.2) is 17.1 Å². The van der Waals surface area contributed by atoms with Crippen molar-refractivity contribution >= 4 is 11.9 Å². The van der Waals surface area contributed by atoms with E-state index in [2.05, 4.69) is 4.84 Å². The monoisotopic (exact) mass is 174 g/mol. The number of guanidine groups is 1. The number of hydrazine groups is 1. The van der Waals surface area contributed by atoms with Gasteiger partial charge < -0.3 is 10.6 Å². The first-order chi connectivity index (χ1) is 5.57. The molecule has 0 aromatic carbocycles. The van der Waals surface area contributed by atoms with Crippen LogP contribution in [0.1, 0.15) is 26.2 Å². The summed E-state index contributed by atoms with van der Waals surface area (Å²) in [4.78, 5) is 15.3. The van der Waals surface area contributed by atoms with E-state index < -0.39 is 11.9 Å². The fraction of sp³-hybridized carbons (Fsp3) is 0.667. The van der Waals surface area contributed by atoms with E-state index in [1.54, 1.807) is 0 Å². The van der Waals surface area contributed by atoms with E-state index in [-0.39, 0.29) is 6.42 Å². The number of nitrogens with one attached hydrogen (secondary N) is 1. The smallest absolute Gasteiger partial charge is 0.334 e. The fourth-order valence-corrected chi connectivity index (χ4v) is 0.526. The molecule has 5 N–H and O–H groups in total. The van der Waals surface area contributed by atoms with Crippen LogP contribution in [0.25, 0.3) is 0 Å². The average Bonchev–Trinajstić information content (AvgIpc) is 2.00. The SMILES string of the molecule is CCCCC(=O)ON(N)C(=N)N. The molecule has 0 rings (SSSR count). The molecule has 0 saturated carbocycles. The molecule has 0 spiro atoms. The summed E-state index contributed by atoms with van der Waals surface area (Å²) < 4.78 is 0. The van der Waals surface area contributed by atoms with Crippen molar-refractivity contribution in [3.63, 3.8) is 0 Å². The van der Waals surface area contributed by atoms with Gasteiger partial charge in [0.25, 0.3) is 0 Å². The molecule has 0 aliphatic rings. The Balaban J connectivity index is 3.61. The van der Waals surface area contributed by atoms with E-state index in [9.17, 15) is 4.79 Å². The van der Waals surface area contributed by atoms with Gasteiger partial charge in [-0.1, -0.05) is 13.3 Å². The zero-order chi connectivity index (χ0) is 9.56. The predicted octanol–water partition coefficient (Wildman–Crippen LogP) is -0.296. The van der Waals surface area contributed by atoms with E-state index in [1.807, 2.05) is 6.92 Å². The topological polar surface area (TPSA) is 105 Å². The minimum atomic E-state index is -0.500. The molecule has 0 amide bonds. The molecular formula is C6H14N4O2. The molecule has 0 heterocycles. The molecule has 0 atom stereocenters. The number of hydroxylamine groups is 1. The summed E-state index contributed by atoms with van der Waals surface area (Å²) in [5.41, 5.74) is 4.92. The largest absolute Gasteiger partial charge is 0.366 e. The van der Waals surface area contributed by atoms with E-state index in [4.69, 9.17) is 17.0 Å². The Labute approximate surface area is 70.9 Å². The zero-order valence-corrected chi connectivity index (χ0v) is 7.04. The third kappa shape index (κ3) is 4.51. The second kappa shape index (κ2) is 5.36. The number of carbonyl (C=O) groups is 1. The molecule has 0 saturated heterocycles. The van der Waals surface area contributed by atoms with Crippen molar-refractivity contribution in [2.45, 2.75) is 26.2 Å². The summed E-state index contributed by atoms with van der Waals surface area (Å²) in [7, 11) is 0. The molecule has 12 heavy (non-hydrogen) atoms. The lowest BCUT2D eigenvalue weighted by Crippen LogP contribution is -2.43. The molecule has 0 aliphatic carbocycles. The second-order valence-electron chi connectivity index (χ2n) is 2.28. The fourth-order valence-electron chi connectivity index (χ4n) is 0.526. The molecule has 0 fully saturated rings. The third-order valence-electron chi connectivity index (χ3n) is 1.17. The van der Waals surface area contributed by atoms with Gasteiger partial charge in [0.2, 0.25) is 5.96 Å². The van der Waals surface area contributed by atoms with Crippen molar-refractivity contribution in [1.29, 1.82) is 5.41 Å². The van der Waals surface area contributed by atoms with Gasteiger partial charge in [-0.05, 0) is 6.42 Å². The van der Waals surface area contributed by atoms with Gasteiger partial charge in [-0.25, -0.2) is 10.6 Å². The van der Waals surface area contributed by atoms with E-state index in [1.165, 1.54) is 0 Å². The minimum Gasteiger partial charge on any atom is -0.366 e. The lowest BCUT2D eigenvalue weighted by atomic mass is 10.3. The Kier molecular flexibility index (Phi) is 4.78. The lowest BCUT2D eigenvalue weighted by Gasteiger charge is -2.13. The van der Waals surface area contributed by atoms with Crippen molar-refractivity contribution in [3.8, 4) is 0 Å². The number of hydrogen-bond acceptors (Lipinski definition) is 4. The zero-order valence-electron chi connectivity index (χ0n) is 7.04. The molecule has 0 aliphatic heterocycles. The van der Waals surface area contributed by atoms with E-state index >= 15 is 0 Å². The third-order valence-corrected chi connectivity index (χ3v) is 1.17. The molecule has 0 unspecified atom stereocenters. The molecule has 0 radical (unpaired) electrons. The van der Waals surface area contributed by atoms with Crippen LogP contribution in [0.15, 0.2) is 0 Å². The standard InChI is InChI=1S/C6H14N4O2/c1-2-3-4-5(11)12-10(9)6(7)8/h2-4,9H2,1H3,(H3,7,8). The summed E-state index contributed by atoms with van der Waals surface area (Å²) in [6.07, 6.45) is 1.93. The van der Waals surface area contributed by atoms with Crippen molar-refractivity contribution in [3.05, 3.63) is 0 Å². The lowest BCUT2D eigenvalue weighted by molar-refractivity contribution is -0.174. The second-order valence-corrected chi connectivity index (χ2v) is 2.28. The van der Waals surface area contributed by atoms with Crippen LogP contribution in [0.2, 0.25) is 0 Å². The number of nitrogens with two attached hydrogens (primary N) is 2. The Morgan fingerprint density at radius 3 is 2.67 bits per heavy atom. The van der Waals surface area contributed by atoms with Crippen LogP contribution < -0.4 is 11.6 Å². The van der Waals surface area contributed by atoms with Gasteiger partial charge >= 0.3 is 5.97 Å². The van der Waals surface area contributed by atoms with Crippen LogP contribution in [0.5, 0.6) is 0 Å². The Morgan fingerprint density at radius 1 is 1.67 bits per heavy atom. The highest BCUT2D eigenvalue weighted by atomic mass is 16.7. The molecule has 6 heteroatoms. The number of nitrogens with zero attached hydrogens (tertiary/aromatic N) is 1. The van der Waals surface area contributed by atoms with Crippen LogP contribution in [-0.2, 0) is 9.63 Å². The van der Waals surface area contributed by atoms with Crippen LogP contribution >= 0.6 is 0 Å². The van der Waals surface area contributed by atoms with Gasteiger partial charge in [-0.15, -0.1) is 5.17 Å². The summed E-state index contributed by atoms with van der Waals surface area (Å²) >= 11 is 0. The highest BCUT2D eigenvalue weighted by Crippen LogP contribution is 1.96. The van der Waals surface area contributed by atoms with Crippen molar-refractivity contribution in [2.75, 3.05) is 0 Å². The van der Waals surface area contributed by atoms with Gasteiger partial charge in [-0.2, -0.15) is 0 Å². The highest BCUT2D eigenvalue weighted by Gasteiger charge is 2.07. The maximum absolute atomic E-state index is 10.8. The summed E-state index contributed by atoms with van der Waals surface area (Å²) in [5, 5.41) is 7.21. The van der Waals surface area contributed by atoms with Crippen molar-refractivity contribution in [1.82, 2.24) is 5.17 Å². The number of unbranched alkanes of at least 4 members (excludes halogenated alkanes) is 1. The highest BCUT2D eigenvalue weighted by molar-refractivity contribution is 5.76. The van der Waals surface area contributed by atoms with Gasteiger partial charge in [0.1, 0.15) is 0 Å².